The maximum Gasteiger partial charge on any atom is 0.426 e. The number of rotatable bonds is 2. The second kappa shape index (κ2) is 5.48. The molecule has 10 heteroatoms. The zero-order valence-electron chi connectivity index (χ0n) is 10.2. The topological polar surface area (TPSA) is 49.3 Å². The van der Waals surface area contributed by atoms with E-state index in [1.807, 2.05) is 0 Å². The van der Waals surface area contributed by atoms with Crippen LogP contribution in [0.5, 0.6) is 0 Å². The number of hydrogen-bond acceptors (Lipinski definition) is 2. The van der Waals surface area contributed by atoms with Gasteiger partial charge in [-0.25, -0.2) is 0 Å². The summed E-state index contributed by atoms with van der Waals surface area (Å²) in [7, 11) is 0. The minimum Gasteiger partial charge on any atom is -0.373 e. The minimum absolute atomic E-state index is 0.236. The van der Waals surface area contributed by atoms with Gasteiger partial charge in [0.1, 0.15) is 0 Å². The second-order valence-corrected chi connectivity index (χ2v) is 5.07. The van der Waals surface area contributed by atoms with Crippen molar-refractivity contribution in [2.75, 3.05) is 5.32 Å². The Morgan fingerprint density at radius 2 is 1.71 bits per heavy atom. The van der Waals surface area contributed by atoms with Crippen molar-refractivity contribution in [2.24, 2.45) is 0 Å². The van der Waals surface area contributed by atoms with Gasteiger partial charge in [-0.3, -0.25) is 4.79 Å². The van der Waals surface area contributed by atoms with Crippen LogP contribution in [-0.2, 0) is 11.0 Å². The highest BCUT2D eigenvalue weighted by Gasteiger charge is 2.55. The van der Waals surface area contributed by atoms with E-state index < -0.39 is 29.4 Å². The van der Waals surface area contributed by atoms with Crippen LogP contribution in [0.3, 0.4) is 0 Å². The number of hydrogen-bond donors (Lipinski definition) is 2. The predicted octanol–water partition coefficient (Wildman–Crippen LogP) is 3.72. The quantitative estimate of drug-likeness (QED) is 0.769. The zero-order chi connectivity index (χ0) is 16.6. The Balaban J connectivity index is 3.03. The molecule has 21 heavy (non-hydrogen) atoms. The van der Waals surface area contributed by atoms with Crippen LogP contribution in [-0.4, -0.2) is 22.8 Å². The highest BCUT2D eigenvalue weighted by atomic mass is 79.9. The summed E-state index contributed by atoms with van der Waals surface area (Å²) in [5, 5.41) is 10.8. The van der Waals surface area contributed by atoms with Gasteiger partial charge in [0.2, 0.25) is 5.60 Å². The third-order valence-corrected chi connectivity index (χ3v) is 3.19. The first-order valence-corrected chi connectivity index (χ1v) is 6.03. The molecule has 0 aliphatic carbocycles. The number of benzene rings is 1. The molecule has 0 saturated carbocycles. The van der Waals surface area contributed by atoms with Gasteiger partial charge in [0.25, 0.3) is 5.91 Å². The average Bonchev–Trinajstić information content (AvgIpc) is 2.28. The fourth-order valence-electron chi connectivity index (χ4n) is 1.17. The van der Waals surface area contributed by atoms with Crippen LogP contribution in [0.25, 0.3) is 0 Å². The molecule has 1 atom stereocenters. The number of aliphatic hydroxyl groups is 1. The molecule has 0 saturated heterocycles. The van der Waals surface area contributed by atoms with Crippen LogP contribution in [0.15, 0.2) is 22.7 Å². The molecule has 3 nitrogen and oxygen atoms in total. The van der Waals surface area contributed by atoms with Gasteiger partial charge < -0.3 is 10.4 Å². The normalized spacial score (nSPS) is 15.5. The average molecular weight is 380 g/mol. The molecule has 118 valence electrons. The summed E-state index contributed by atoms with van der Waals surface area (Å²) < 4.78 is 74.3. The van der Waals surface area contributed by atoms with Gasteiger partial charge in [-0.15, -0.1) is 0 Å². The van der Waals surface area contributed by atoms with Crippen molar-refractivity contribution >= 4 is 27.5 Å². The molecular formula is C11H8BrF6NO2. The number of anilines is 1. The molecule has 0 fully saturated rings. The van der Waals surface area contributed by atoms with Gasteiger partial charge in [0.15, 0.2) is 0 Å². The van der Waals surface area contributed by atoms with Crippen LogP contribution in [0.4, 0.5) is 32.0 Å². The SMILES string of the molecule is CC(O)(C(=O)Nc1ccc(C(F)(F)F)cc1Br)C(F)(F)F. The van der Waals surface area contributed by atoms with Crippen LogP contribution in [0.2, 0.25) is 0 Å². The first kappa shape index (κ1) is 17.8. The summed E-state index contributed by atoms with van der Waals surface area (Å²) in [4.78, 5) is 11.4. The number of nitrogens with one attached hydrogen (secondary N) is 1. The van der Waals surface area contributed by atoms with Gasteiger partial charge in [-0.05, 0) is 41.1 Å². The Bertz CT molecular complexity index is 553. The summed E-state index contributed by atoms with van der Waals surface area (Å²) in [6.45, 7) is 0.236. The Kier molecular flexibility index (Phi) is 4.64. The number of amides is 1. The van der Waals surface area contributed by atoms with E-state index in [9.17, 15) is 31.1 Å². The van der Waals surface area contributed by atoms with Crippen molar-refractivity contribution in [3.63, 3.8) is 0 Å². The fourth-order valence-corrected chi connectivity index (χ4v) is 1.64. The molecule has 0 bridgehead atoms. The van der Waals surface area contributed by atoms with Gasteiger partial charge in [0, 0.05) is 4.47 Å². The minimum atomic E-state index is -5.23. The largest absolute Gasteiger partial charge is 0.426 e. The second-order valence-electron chi connectivity index (χ2n) is 4.22. The number of alkyl halides is 6. The van der Waals surface area contributed by atoms with E-state index in [2.05, 4.69) is 15.9 Å². The monoisotopic (exact) mass is 379 g/mol. The van der Waals surface area contributed by atoms with Crippen molar-refractivity contribution in [3.05, 3.63) is 28.2 Å². The van der Waals surface area contributed by atoms with Gasteiger partial charge >= 0.3 is 12.4 Å². The molecule has 1 rings (SSSR count). The Morgan fingerprint density at radius 1 is 1.19 bits per heavy atom. The van der Waals surface area contributed by atoms with Crippen molar-refractivity contribution in [1.29, 1.82) is 0 Å². The number of carbonyl (C=O) groups is 1. The highest BCUT2D eigenvalue weighted by molar-refractivity contribution is 9.10. The van der Waals surface area contributed by atoms with Crippen molar-refractivity contribution < 1.29 is 36.2 Å². The summed E-state index contributed by atoms with van der Waals surface area (Å²) >= 11 is 2.71. The van der Waals surface area contributed by atoms with Crippen molar-refractivity contribution in [2.45, 2.75) is 24.9 Å². The van der Waals surface area contributed by atoms with Crippen LogP contribution < -0.4 is 5.32 Å². The molecule has 0 radical (unpaired) electrons. The molecule has 0 aliphatic rings. The maximum absolute atomic E-state index is 12.4. The van der Waals surface area contributed by atoms with Gasteiger partial charge in [-0.2, -0.15) is 26.3 Å². The molecule has 1 aromatic rings. The molecule has 1 aromatic carbocycles. The molecule has 2 N–H and O–H groups in total. The fraction of sp³-hybridized carbons (Fsp3) is 0.364. The van der Waals surface area contributed by atoms with E-state index in [-0.39, 0.29) is 17.1 Å². The summed E-state index contributed by atoms with van der Waals surface area (Å²) in [6, 6.07) is 1.96. The number of carbonyl (C=O) groups excluding carboxylic acids is 1. The molecule has 0 aliphatic heterocycles. The lowest BCUT2D eigenvalue weighted by atomic mass is 10.1. The van der Waals surface area contributed by atoms with Crippen molar-refractivity contribution in [3.8, 4) is 0 Å². The first-order valence-electron chi connectivity index (χ1n) is 5.24. The van der Waals surface area contributed by atoms with E-state index in [4.69, 9.17) is 5.11 Å². The van der Waals surface area contributed by atoms with Crippen molar-refractivity contribution in [1.82, 2.24) is 0 Å². The molecule has 1 amide bonds. The summed E-state index contributed by atoms with van der Waals surface area (Å²) in [5.41, 5.74) is -5.05. The third kappa shape index (κ3) is 3.88. The summed E-state index contributed by atoms with van der Waals surface area (Å²) in [6.07, 6.45) is -9.86. The molecular weight excluding hydrogens is 372 g/mol. The van der Waals surface area contributed by atoms with E-state index in [0.29, 0.717) is 12.1 Å². The molecule has 0 spiro atoms. The molecule has 1 unspecified atom stereocenters. The lowest BCUT2D eigenvalue weighted by Gasteiger charge is -2.25. The Labute approximate surface area is 123 Å². The third-order valence-electron chi connectivity index (χ3n) is 2.54. The first-order chi connectivity index (χ1) is 9.26. The zero-order valence-corrected chi connectivity index (χ0v) is 11.8. The molecule has 0 heterocycles. The Hall–Kier alpha value is -1.29. The smallest absolute Gasteiger partial charge is 0.373 e. The van der Waals surface area contributed by atoms with E-state index in [1.54, 1.807) is 5.32 Å². The highest BCUT2D eigenvalue weighted by Crippen LogP contribution is 2.35. The van der Waals surface area contributed by atoms with E-state index >= 15 is 0 Å². The van der Waals surface area contributed by atoms with Gasteiger partial charge in [-0.1, -0.05) is 0 Å². The molecule has 0 aromatic heterocycles. The lowest BCUT2D eigenvalue weighted by molar-refractivity contribution is -0.242. The Morgan fingerprint density at radius 3 is 2.10 bits per heavy atom. The summed E-state index contributed by atoms with van der Waals surface area (Å²) in [5.74, 6) is -1.81. The van der Waals surface area contributed by atoms with Crippen LogP contribution in [0.1, 0.15) is 12.5 Å². The lowest BCUT2D eigenvalue weighted by Crippen LogP contribution is -2.52. The van der Waals surface area contributed by atoms with Crippen LogP contribution >= 0.6 is 15.9 Å². The standard InChI is InChI=1S/C11H8BrF6NO2/c1-9(21,11(16,17)18)8(20)19-7-3-2-5(4-6(7)12)10(13,14)15/h2-4,21H,1H3,(H,19,20). The number of halogens is 7. The van der Waals surface area contributed by atoms with E-state index in [1.165, 1.54) is 0 Å². The van der Waals surface area contributed by atoms with Crippen LogP contribution in [0, 0.1) is 0 Å². The maximum atomic E-state index is 12.4. The predicted molar refractivity (Wildman–Crippen MR) is 64.5 cm³/mol. The van der Waals surface area contributed by atoms with Gasteiger partial charge in [0.05, 0.1) is 11.3 Å². The van der Waals surface area contributed by atoms with E-state index in [0.717, 1.165) is 6.07 Å².